The second-order valence-electron chi connectivity index (χ2n) is 18.6. The van der Waals surface area contributed by atoms with E-state index in [1.807, 2.05) is 44.3 Å². The first-order chi connectivity index (χ1) is 31.7. The number of phenols is 1. The van der Waals surface area contributed by atoms with Gasteiger partial charge in [0, 0.05) is 40.0 Å². The first kappa shape index (κ1) is 44.8. The largest absolute Gasteiger partial charge is 0.507 e. The van der Waals surface area contributed by atoms with Crippen LogP contribution in [0.5, 0.6) is 5.75 Å². The van der Waals surface area contributed by atoms with Crippen molar-refractivity contribution in [3.8, 4) is 78.6 Å². The zero-order valence-electron chi connectivity index (χ0n) is 40.1. The molecular weight excluding hydrogens is 986 g/mol. The molecule has 0 aliphatic heterocycles. The molecule has 2 heterocycles. The van der Waals surface area contributed by atoms with E-state index in [9.17, 15) is 5.11 Å². The zero-order valence-corrected chi connectivity index (χ0v) is 41.4. The maximum Gasteiger partial charge on any atom is 0.148 e. The van der Waals surface area contributed by atoms with Crippen LogP contribution in [0.4, 0.5) is 0 Å². The number of aromatic nitrogens is 3. The van der Waals surface area contributed by atoms with Crippen LogP contribution in [0.15, 0.2) is 164 Å². The SMILES string of the molecule is [2H]C(C)(C)c1ccc(-c2ccnc(-c3[c-]c(-c4cccc5c4nc(-c4cc(C(C)C)cc(C(C)C)c4O)n5-c4ccc(-c5ccccc5)c(CC(C)C)c4)cc(-c4ccccc4)c3)c2)cc1.[Pt]. The summed E-state index contributed by atoms with van der Waals surface area (Å²) >= 11 is 0. The molecule has 9 rings (SSSR count). The molecular formula is C61H58N3OPt-. The van der Waals surface area contributed by atoms with E-state index in [1.165, 1.54) is 16.7 Å². The van der Waals surface area contributed by atoms with Crippen molar-refractivity contribution in [1.82, 2.24) is 14.5 Å². The first-order valence-electron chi connectivity index (χ1n) is 23.5. The number of nitrogens with zero attached hydrogens (tertiary/aromatic N) is 3. The van der Waals surface area contributed by atoms with Gasteiger partial charge in [0.05, 0.1) is 16.6 Å². The molecule has 0 aliphatic rings. The Morgan fingerprint density at radius 1 is 0.576 bits per heavy atom. The molecule has 0 bridgehead atoms. The van der Waals surface area contributed by atoms with E-state index in [0.29, 0.717) is 17.3 Å². The van der Waals surface area contributed by atoms with Gasteiger partial charge in [-0.3, -0.25) is 9.55 Å². The van der Waals surface area contributed by atoms with Crippen LogP contribution in [0.25, 0.3) is 83.9 Å². The van der Waals surface area contributed by atoms with Gasteiger partial charge in [-0.05, 0) is 110 Å². The molecule has 0 amide bonds. The third kappa shape index (κ3) is 9.35. The Kier molecular flexibility index (Phi) is 13.3. The van der Waals surface area contributed by atoms with Crippen molar-refractivity contribution in [2.24, 2.45) is 5.92 Å². The number of hydrogen-bond acceptors (Lipinski definition) is 3. The molecule has 7 aromatic carbocycles. The summed E-state index contributed by atoms with van der Waals surface area (Å²) in [6.45, 7) is 17.0. The molecule has 0 saturated heterocycles. The van der Waals surface area contributed by atoms with Crippen molar-refractivity contribution < 1.29 is 27.5 Å². The van der Waals surface area contributed by atoms with E-state index in [4.69, 9.17) is 11.3 Å². The van der Waals surface area contributed by atoms with E-state index in [-0.39, 0.29) is 38.7 Å². The van der Waals surface area contributed by atoms with Crippen molar-refractivity contribution in [1.29, 1.82) is 0 Å². The van der Waals surface area contributed by atoms with Crippen LogP contribution in [0.3, 0.4) is 0 Å². The van der Waals surface area contributed by atoms with Crippen molar-refractivity contribution in [2.75, 3.05) is 0 Å². The fraction of sp³-hybridized carbons (Fsp3) is 0.213. The van der Waals surface area contributed by atoms with Gasteiger partial charge in [-0.2, -0.15) is 0 Å². The summed E-state index contributed by atoms with van der Waals surface area (Å²) in [4.78, 5) is 10.5. The van der Waals surface area contributed by atoms with Crippen LogP contribution < -0.4 is 0 Å². The monoisotopic (exact) mass is 1040 g/mol. The Hall–Kier alpha value is -6.35. The van der Waals surface area contributed by atoms with Crippen molar-refractivity contribution in [3.05, 3.63) is 192 Å². The molecule has 0 radical (unpaired) electrons. The molecule has 0 fully saturated rings. The molecule has 0 saturated carbocycles. The van der Waals surface area contributed by atoms with Gasteiger partial charge in [-0.1, -0.05) is 187 Å². The molecule has 0 unspecified atom stereocenters. The van der Waals surface area contributed by atoms with E-state index < -0.39 is 5.89 Å². The molecule has 334 valence electrons. The maximum absolute atomic E-state index is 12.3. The van der Waals surface area contributed by atoms with Crippen LogP contribution in [0.1, 0.15) is 96.7 Å². The Balaban J connectivity index is 0.00000608. The van der Waals surface area contributed by atoms with Crippen LogP contribution in [-0.4, -0.2) is 19.6 Å². The molecule has 1 N–H and O–H groups in total. The molecule has 0 spiro atoms. The molecule has 2 aromatic heterocycles. The molecule has 9 aromatic rings. The topological polar surface area (TPSA) is 50.9 Å². The van der Waals surface area contributed by atoms with E-state index in [1.54, 1.807) is 0 Å². The average Bonchev–Trinajstić information content (AvgIpc) is 3.71. The molecule has 0 aliphatic carbocycles. The summed E-state index contributed by atoms with van der Waals surface area (Å²) in [5.41, 5.74) is 17.9. The van der Waals surface area contributed by atoms with Crippen LogP contribution >= 0.6 is 0 Å². The van der Waals surface area contributed by atoms with Gasteiger partial charge in [0.2, 0.25) is 0 Å². The van der Waals surface area contributed by atoms with E-state index in [0.717, 1.165) is 84.5 Å². The molecule has 66 heavy (non-hydrogen) atoms. The fourth-order valence-electron chi connectivity index (χ4n) is 9.01. The van der Waals surface area contributed by atoms with Gasteiger partial charge in [-0.15, -0.1) is 23.8 Å². The number of rotatable bonds is 12. The minimum atomic E-state index is -0.677. The number of imidazole rings is 1. The van der Waals surface area contributed by atoms with Crippen molar-refractivity contribution in [3.63, 3.8) is 0 Å². The number of para-hydroxylation sites is 1. The third-order valence-corrected chi connectivity index (χ3v) is 12.5. The summed E-state index contributed by atoms with van der Waals surface area (Å²) in [5, 5.41) is 12.3. The van der Waals surface area contributed by atoms with E-state index >= 15 is 0 Å². The molecule has 4 nitrogen and oxygen atoms in total. The summed E-state index contributed by atoms with van der Waals surface area (Å²) in [7, 11) is 0. The summed E-state index contributed by atoms with van der Waals surface area (Å²) < 4.78 is 10.8. The van der Waals surface area contributed by atoms with Gasteiger partial charge in [0.15, 0.2) is 0 Å². The van der Waals surface area contributed by atoms with Gasteiger partial charge < -0.3 is 5.11 Å². The van der Waals surface area contributed by atoms with Crippen LogP contribution in [0, 0.1) is 12.0 Å². The van der Waals surface area contributed by atoms with Crippen molar-refractivity contribution in [2.45, 2.75) is 79.5 Å². The first-order valence-corrected chi connectivity index (χ1v) is 23.0. The number of hydrogen-bond donors (Lipinski definition) is 1. The second-order valence-corrected chi connectivity index (χ2v) is 18.6. The second kappa shape index (κ2) is 19.6. The fourth-order valence-corrected chi connectivity index (χ4v) is 9.01. The normalized spacial score (nSPS) is 12.0. The Bertz CT molecular complexity index is 3180. The van der Waals surface area contributed by atoms with Gasteiger partial charge in [-0.25, -0.2) is 4.98 Å². The van der Waals surface area contributed by atoms with E-state index in [2.05, 4.69) is 186 Å². The standard InChI is InChI=1S/C61H58N3O.Pt/c1-38(2)30-49-34-52(26-27-53(49)45-18-13-10-14-19-45)64-58-21-15-20-54(59(58)63-61(64)56-36-47(40(5)6)35-55(41(7)8)60(56)65)50-31-48(43-16-11-9-12-17-43)32-51(33-50)57-37-46(28-29-62-57)44-24-22-42(23-25-44)39(3)4;/h9-29,31-32,34-41,65H,30H2,1-8H3;/q-1;/i39D;. The quantitative estimate of drug-likeness (QED) is 0.124. The molecule has 5 heteroatoms. The number of pyridine rings is 1. The predicted octanol–water partition coefficient (Wildman–Crippen LogP) is 16.5. The van der Waals surface area contributed by atoms with Crippen molar-refractivity contribution >= 4 is 11.0 Å². The maximum atomic E-state index is 12.3. The summed E-state index contributed by atoms with van der Waals surface area (Å²) in [5.74, 6) is 1.06. The number of benzene rings is 7. The van der Waals surface area contributed by atoms with Gasteiger partial charge in [0.25, 0.3) is 0 Å². The zero-order chi connectivity index (χ0) is 46.3. The average molecular weight is 1050 g/mol. The summed E-state index contributed by atoms with van der Waals surface area (Å²) in [6, 6.07) is 59.2. The molecule has 0 atom stereocenters. The number of aromatic hydroxyl groups is 1. The Morgan fingerprint density at radius 3 is 1.92 bits per heavy atom. The minimum Gasteiger partial charge on any atom is -0.507 e. The number of fused-ring (bicyclic) bond motifs is 1. The third-order valence-electron chi connectivity index (χ3n) is 12.5. The van der Waals surface area contributed by atoms with Crippen LogP contribution in [0.2, 0.25) is 0 Å². The van der Waals surface area contributed by atoms with Gasteiger partial charge in [0.1, 0.15) is 11.6 Å². The smallest absolute Gasteiger partial charge is 0.148 e. The number of phenolic OH excluding ortho intramolecular Hbond substituents is 1. The van der Waals surface area contributed by atoms with Gasteiger partial charge >= 0.3 is 0 Å². The Morgan fingerprint density at radius 2 is 1.26 bits per heavy atom. The Labute approximate surface area is 407 Å². The predicted molar refractivity (Wildman–Crippen MR) is 273 cm³/mol. The van der Waals surface area contributed by atoms with Crippen LogP contribution in [-0.2, 0) is 27.5 Å². The summed E-state index contributed by atoms with van der Waals surface area (Å²) in [6.07, 6.45) is 2.77. The minimum absolute atomic E-state index is 0.